The van der Waals surface area contributed by atoms with Crippen molar-refractivity contribution < 1.29 is 23.0 Å². The molecule has 0 saturated carbocycles. The molecule has 2 aromatic rings. The van der Waals surface area contributed by atoms with E-state index in [4.69, 9.17) is 4.74 Å². The van der Waals surface area contributed by atoms with E-state index in [1.165, 1.54) is 31.5 Å². The first-order valence-corrected chi connectivity index (χ1v) is 7.30. The number of rotatable bonds is 7. The molecule has 1 aromatic heterocycles. The number of ketones is 1. The second-order valence-corrected chi connectivity index (χ2v) is 5.26. The van der Waals surface area contributed by atoms with E-state index in [1.54, 1.807) is 23.0 Å². The summed E-state index contributed by atoms with van der Waals surface area (Å²) >= 11 is 0. The van der Waals surface area contributed by atoms with Crippen molar-refractivity contribution in [1.29, 1.82) is 0 Å². The van der Waals surface area contributed by atoms with E-state index in [-0.39, 0.29) is 23.3 Å². The van der Waals surface area contributed by atoms with Crippen molar-refractivity contribution in [2.24, 2.45) is 0 Å². The molecule has 0 bridgehead atoms. The van der Waals surface area contributed by atoms with Crippen LogP contribution in [0, 0.1) is 0 Å². The Bertz CT molecular complexity index is 739. The SMILES string of the molecule is COc1cccc(C=CC(=O)c2cnn(C(C)C)c2)c1OC(F)F. The molecule has 0 spiro atoms. The van der Waals surface area contributed by atoms with Gasteiger partial charge in [0.2, 0.25) is 0 Å². The fourth-order valence-electron chi connectivity index (χ4n) is 2.05. The van der Waals surface area contributed by atoms with E-state index < -0.39 is 6.61 Å². The maximum Gasteiger partial charge on any atom is 0.387 e. The normalized spacial score (nSPS) is 11.5. The molecule has 0 aliphatic heterocycles. The molecule has 0 atom stereocenters. The number of hydrogen-bond donors (Lipinski definition) is 0. The Morgan fingerprint density at radius 3 is 2.67 bits per heavy atom. The molecule has 1 aromatic carbocycles. The average Bonchev–Trinajstić information content (AvgIpc) is 3.03. The molecule has 0 amide bonds. The first kappa shape index (κ1) is 17.7. The number of halogens is 2. The second kappa shape index (κ2) is 7.72. The smallest absolute Gasteiger partial charge is 0.387 e. The lowest BCUT2D eigenvalue weighted by Crippen LogP contribution is -2.05. The molecule has 0 fully saturated rings. The number of ether oxygens (including phenoxy) is 2. The van der Waals surface area contributed by atoms with E-state index >= 15 is 0 Å². The third kappa shape index (κ3) is 4.18. The van der Waals surface area contributed by atoms with Crippen LogP contribution in [0.4, 0.5) is 8.78 Å². The molecule has 2 rings (SSSR count). The van der Waals surface area contributed by atoms with Gasteiger partial charge in [0.15, 0.2) is 17.3 Å². The quantitative estimate of drug-likeness (QED) is 0.567. The minimum Gasteiger partial charge on any atom is -0.493 e. The lowest BCUT2D eigenvalue weighted by molar-refractivity contribution is -0.0513. The average molecular weight is 336 g/mol. The maximum absolute atomic E-state index is 12.6. The number of carbonyl (C=O) groups excluding carboxylic acids is 1. The molecule has 1 heterocycles. The van der Waals surface area contributed by atoms with E-state index in [1.807, 2.05) is 13.8 Å². The van der Waals surface area contributed by atoms with Crippen molar-refractivity contribution in [1.82, 2.24) is 9.78 Å². The van der Waals surface area contributed by atoms with Crippen molar-refractivity contribution in [2.45, 2.75) is 26.5 Å². The Labute approximate surface area is 138 Å². The number of methoxy groups -OCH3 is 1. The van der Waals surface area contributed by atoms with Crippen LogP contribution >= 0.6 is 0 Å². The second-order valence-electron chi connectivity index (χ2n) is 5.26. The van der Waals surface area contributed by atoms with E-state index in [0.29, 0.717) is 11.1 Å². The monoisotopic (exact) mass is 336 g/mol. The van der Waals surface area contributed by atoms with Gasteiger partial charge in [-0.2, -0.15) is 13.9 Å². The van der Waals surface area contributed by atoms with Gasteiger partial charge in [-0.3, -0.25) is 9.48 Å². The van der Waals surface area contributed by atoms with E-state index in [9.17, 15) is 13.6 Å². The summed E-state index contributed by atoms with van der Waals surface area (Å²) in [7, 11) is 1.35. The van der Waals surface area contributed by atoms with Crippen molar-refractivity contribution in [3.63, 3.8) is 0 Å². The van der Waals surface area contributed by atoms with Crippen LogP contribution in [0.3, 0.4) is 0 Å². The molecule has 0 N–H and O–H groups in total. The predicted molar refractivity (Wildman–Crippen MR) is 85.6 cm³/mol. The maximum atomic E-state index is 12.6. The lowest BCUT2D eigenvalue weighted by atomic mass is 10.1. The first-order valence-electron chi connectivity index (χ1n) is 7.30. The van der Waals surface area contributed by atoms with Gasteiger partial charge in [0.1, 0.15) is 0 Å². The number of nitrogens with zero attached hydrogens (tertiary/aromatic N) is 2. The van der Waals surface area contributed by atoms with Crippen molar-refractivity contribution in [2.75, 3.05) is 7.11 Å². The zero-order chi connectivity index (χ0) is 17.7. The zero-order valence-electron chi connectivity index (χ0n) is 13.6. The Morgan fingerprint density at radius 1 is 1.33 bits per heavy atom. The number of para-hydroxylation sites is 1. The van der Waals surface area contributed by atoms with Crippen molar-refractivity contribution >= 4 is 11.9 Å². The Kier molecular flexibility index (Phi) is 5.68. The van der Waals surface area contributed by atoms with Gasteiger partial charge in [-0.1, -0.05) is 12.1 Å². The predicted octanol–water partition coefficient (Wildman–Crippen LogP) is 3.97. The lowest BCUT2D eigenvalue weighted by Gasteiger charge is -2.12. The largest absolute Gasteiger partial charge is 0.493 e. The number of hydrogen-bond acceptors (Lipinski definition) is 4. The molecule has 0 saturated heterocycles. The van der Waals surface area contributed by atoms with Gasteiger partial charge in [0, 0.05) is 17.8 Å². The van der Waals surface area contributed by atoms with Crippen LogP contribution in [0.2, 0.25) is 0 Å². The highest BCUT2D eigenvalue weighted by Crippen LogP contribution is 2.33. The summed E-state index contributed by atoms with van der Waals surface area (Å²) in [6.07, 6.45) is 5.80. The summed E-state index contributed by atoms with van der Waals surface area (Å²) in [5.41, 5.74) is 0.735. The molecular weight excluding hydrogens is 318 g/mol. The molecule has 0 aliphatic rings. The fraction of sp³-hybridized carbons (Fsp3) is 0.294. The molecular formula is C17H18F2N2O3. The summed E-state index contributed by atoms with van der Waals surface area (Å²) in [5.74, 6) is -0.234. The first-order chi connectivity index (χ1) is 11.4. The number of benzene rings is 1. The molecule has 0 unspecified atom stereocenters. The minimum atomic E-state index is -2.99. The number of alkyl halides is 2. The molecule has 0 radical (unpaired) electrons. The summed E-state index contributed by atoms with van der Waals surface area (Å²) in [6.45, 7) is 0.899. The van der Waals surface area contributed by atoms with Gasteiger partial charge in [0.25, 0.3) is 0 Å². The van der Waals surface area contributed by atoms with Crippen LogP contribution in [0.15, 0.2) is 36.7 Å². The van der Waals surface area contributed by atoms with Gasteiger partial charge in [0.05, 0.1) is 18.9 Å². The Balaban J connectivity index is 2.25. The van der Waals surface area contributed by atoms with Gasteiger partial charge >= 0.3 is 6.61 Å². The van der Waals surface area contributed by atoms with Crippen LogP contribution in [0.1, 0.15) is 35.8 Å². The molecule has 128 valence electrons. The highest BCUT2D eigenvalue weighted by atomic mass is 19.3. The highest BCUT2D eigenvalue weighted by molar-refractivity contribution is 6.06. The summed E-state index contributed by atoms with van der Waals surface area (Å²) in [6, 6.07) is 4.82. The van der Waals surface area contributed by atoms with Gasteiger partial charge in [-0.05, 0) is 32.1 Å². The van der Waals surface area contributed by atoms with Gasteiger partial charge in [-0.15, -0.1) is 0 Å². The van der Waals surface area contributed by atoms with Crippen LogP contribution in [0.25, 0.3) is 6.08 Å². The zero-order valence-corrected chi connectivity index (χ0v) is 13.6. The van der Waals surface area contributed by atoms with E-state index in [2.05, 4.69) is 9.84 Å². The number of aromatic nitrogens is 2. The standard InChI is InChI=1S/C17H18F2N2O3/c1-11(2)21-10-13(9-20-21)14(22)8-7-12-5-4-6-15(23-3)16(12)24-17(18)19/h4-11,17H,1-3H3. The summed E-state index contributed by atoms with van der Waals surface area (Å²) in [5, 5.41) is 4.09. The minimum absolute atomic E-state index is 0.114. The number of allylic oxidation sites excluding steroid dienone is 1. The highest BCUT2D eigenvalue weighted by Gasteiger charge is 2.14. The topological polar surface area (TPSA) is 53.3 Å². The van der Waals surface area contributed by atoms with Crippen LogP contribution in [-0.2, 0) is 0 Å². The molecule has 7 heteroatoms. The van der Waals surface area contributed by atoms with Crippen LogP contribution in [0.5, 0.6) is 11.5 Å². The fourth-order valence-corrected chi connectivity index (χ4v) is 2.05. The van der Waals surface area contributed by atoms with Gasteiger partial charge < -0.3 is 9.47 Å². The summed E-state index contributed by atoms with van der Waals surface area (Å²) < 4.78 is 36.3. The molecule has 0 aliphatic carbocycles. The Hall–Kier alpha value is -2.70. The van der Waals surface area contributed by atoms with Crippen LogP contribution < -0.4 is 9.47 Å². The third-order valence-electron chi connectivity index (χ3n) is 3.27. The third-order valence-corrected chi connectivity index (χ3v) is 3.27. The van der Waals surface area contributed by atoms with E-state index in [0.717, 1.165) is 0 Å². The summed E-state index contributed by atoms with van der Waals surface area (Å²) in [4.78, 5) is 12.2. The number of carbonyl (C=O) groups is 1. The van der Waals surface area contributed by atoms with Gasteiger partial charge in [-0.25, -0.2) is 0 Å². The van der Waals surface area contributed by atoms with Crippen molar-refractivity contribution in [3.05, 3.63) is 47.8 Å². The molecule has 24 heavy (non-hydrogen) atoms. The van der Waals surface area contributed by atoms with Crippen LogP contribution in [-0.4, -0.2) is 29.3 Å². The Morgan fingerprint density at radius 2 is 2.08 bits per heavy atom. The van der Waals surface area contributed by atoms with Crippen molar-refractivity contribution in [3.8, 4) is 11.5 Å². The molecule has 5 nitrogen and oxygen atoms in total.